The van der Waals surface area contributed by atoms with Crippen molar-refractivity contribution < 1.29 is 4.74 Å². The monoisotopic (exact) mass is 803 g/mol. The van der Waals surface area contributed by atoms with Crippen LogP contribution in [-0.2, 0) is 0 Å². The maximum absolute atomic E-state index is 5.89. The van der Waals surface area contributed by atoms with Gasteiger partial charge in [0.15, 0.2) is 0 Å². The molecule has 10 rings (SSSR count). The first-order valence-electron chi connectivity index (χ1n) is 20.9. The van der Waals surface area contributed by atoms with E-state index in [0.29, 0.717) is 0 Å². The number of nitrogens with one attached hydrogen (secondary N) is 2. The lowest BCUT2D eigenvalue weighted by Gasteiger charge is -2.25. The van der Waals surface area contributed by atoms with Gasteiger partial charge >= 0.3 is 0 Å². The lowest BCUT2D eigenvalue weighted by molar-refractivity contribution is 0.416. The molecule has 8 bridgehead atoms. The van der Waals surface area contributed by atoms with Crippen LogP contribution >= 0.6 is 0 Å². The summed E-state index contributed by atoms with van der Waals surface area (Å²) >= 11 is 0. The van der Waals surface area contributed by atoms with Crippen molar-refractivity contribution in [1.29, 1.82) is 0 Å². The van der Waals surface area contributed by atoms with E-state index in [1.54, 1.807) is 7.11 Å². The number of rotatable bonds is 8. The minimum Gasteiger partial charge on any atom is -0.496 e. The average molecular weight is 804 g/mol. The van der Waals surface area contributed by atoms with Gasteiger partial charge in [-0.25, -0.2) is 9.97 Å². The van der Waals surface area contributed by atoms with Crippen LogP contribution in [0.5, 0.6) is 5.75 Å². The van der Waals surface area contributed by atoms with E-state index < -0.39 is 0 Å². The Morgan fingerprint density at radius 3 is 1.71 bits per heavy atom. The quantitative estimate of drug-likeness (QED) is 0.150. The molecule has 0 amide bonds. The van der Waals surface area contributed by atoms with E-state index in [0.717, 1.165) is 107 Å². The van der Waals surface area contributed by atoms with Gasteiger partial charge in [0.05, 0.1) is 29.9 Å². The largest absolute Gasteiger partial charge is 0.496 e. The van der Waals surface area contributed by atoms with Crippen LogP contribution in [0.3, 0.4) is 0 Å². The fourth-order valence-corrected chi connectivity index (χ4v) is 8.24. The number of anilines is 3. The Hall–Kier alpha value is -7.96. The van der Waals surface area contributed by atoms with Gasteiger partial charge < -0.3 is 19.6 Å². The van der Waals surface area contributed by atoms with E-state index in [1.165, 1.54) is 11.1 Å². The van der Waals surface area contributed by atoms with Crippen molar-refractivity contribution in [3.05, 3.63) is 202 Å². The molecule has 6 heteroatoms. The van der Waals surface area contributed by atoms with Gasteiger partial charge in [0, 0.05) is 55.8 Å². The Morgan fingerprint density at radius 2 is 1.05 bits per heavy atom. The second-order valence-electron chi connectivity index (χ2n) is 15.9. The minimum absolute atomic E-state index is 0.777. The van der Waals surface area contributed by atoms with E-state index in [4.69, 9.17) is 14.7 Å². The normalized spacial score (nSPS) is 12.0. The number of nitrogens with zero attached hydrogens (tertiary/aromatic N) is 3. The summed E-state index contributed by atoms with van der Waals surface area (Å²) < 4.78 is 5.89. The van der Waals surface area contributed by atoms with Crippen molar-refractivity contribution in [2.24, 2.45) is 0 Å². The zero-order valence-corrected chi connectivity index (χ0v) is 35.1. The van der Waals surface area contributed by atoms with Gasteiger partial charge in [0.2, 0.25) is 0 Å². The molecular formula is C56H45N5O. The predicted octanol–water partition coefficient (Wildman–Crippen LogP) is 14.6. The zero-order chi connectivity index (χ0) is 42.2. The van der Waals surface area contributed by atoms with Crippen LogP contribution in [0.1, 0.15) is 50.6 Å². The maximum Gasteiger partial charge on any atom is 0.126 e. The third kappa shape index (κ3) is 7.55. The SMILES string of the molecule is COc1ccccc1-c1c2nc(c(-c3ccc(/C=C/c4ccc(N(c5ccc(C)cc5)c5ccc(C)cc5)cc4)cc3)c3ccc([nH]3)c(C)c3nc(cc4ccc1[nH]4)C=C3)C=C2. The van der Waals surface area contributed by atoms with E-state index in [2.05, 4.69) is 206 Å². The first kappa shape index (κ1) is 38.3. The zero-order valence-electron chi connectivity index (χ0n) is 35.1. The van der Waals surface area contributed by atoms with Gasteiger partial charge in [-0.3, -0.25) is 0 Å². The van der Waals surface area contributed by atoms with E-state index in [9.17, 15) is 0 Å². The average Bonchev–Trinajstić information content (AvgIpc) is 4.15. The number of ether oxygens (including phenoxy) is 1. The summed E-state index contributed by atoms with van der Waals surface area (Å²) in [7, 11) is 1.71. The first-order chi connectivity index (χ1) is 30.4. The third-order valence-electron chi connectivity index (χ3n) is 11.6. The molecule has 0 fully saturated rings. The van der Waals surface area contributed by atoms with Crippen LogP contribution in [0.15, 0.2) is 152 Å². The molecule has 300 valence electrons. The number of H-pyrrole nitrogens is 2. The molecular weight excluding hydrogens is 759 g/mol. The summed E-state index contributed by atoms with van der Waals surface area (Å²) in [6.45, 7) is 6.36. The Morgan fingerprint density at radius 1 is 0.500 bits per heavy atom. The lowest BCUT2D eigenvalue weighted by Crippen LogP contribution is -2.09. The molecule has 6 nitrogen and oxygen atoms in total. The highest BCUT2D eigenvalue weighted by atomic mass is 16.5. The van der Waals surface area contributed by atoms with Crippen LogP contribution in [0.4, 0.5) is 17.1 Å². The van der Waals surface area contributed by atoms with Crippen molar-refractivity contribution in [3.63, 3.8) is 0 Å². The van der Waals surface area contributed by atoms with Gasteiger partial charge in [0.25, 0.3) is 0 Å². The van der Waals surface area contributed by atoms with E-state index in [-0.39, 0.29) is 0 Å². The van der Waals surface area contributed by atoms with Gasteiger partial charge in [-0.2, -0.15) is 0 Å². The minimum atomic E-state index is 0.777. The van der Waals surface area contributed by atoms with Gasteiger partial charge in [-0.05, 0) is 140 Å². The van der Waals surface area contributed by atoms with Gasteiger partial charge in [-0.15, -0.1) is 0 Å². The number of hydrogen-bond donors (Lipinski definition) is 2. The Kier molecular flexibility index (Phi) is 10.0. The second-order valence-corrected chi connectivity index (χ2v) is 15.9. The molecule has 0 saturated carbocycles. The fraction of sp³-hybridized carbons (Fsp3) is 0.0714. The molecule has 0 radical (unpaired) electrons. The molecule has 2 aliphatic rings. The smallest absolute Gasteiger partial charge is 0.126 e. The van der Waals surface area contributed by atoms with Crippen LogP contribution in [0.2, 0.25) is 0 Å². The van der Waals surface area contributed by atoms with Crippen molar-refractivity contribution in [2.45, 2.75) is 20.8 Å². The number of benzene rings is 5. The van der Waals surface area contributed by atoms with Crippen molar-refractivity contribution in [1.82, 2.24) is 19.9 Å². The summed E-state index contributed by atoms with van der Waals surface area (Å²) in [5.74, 6) is 0.777. The molecule has 0 atom stereocenters. The highest BCUT2D eigenvalue weighted by Gasteiger charge is 2.18. The Balaban J connectivity index is 1.04. The number of para-hydroxylation sites is 1. The molecule has 0 unspecified atom stereocenters. The molecule has 8 aromatic rings. The number of aromatic amines is 2. The number of methoxy groups -OCH3 is 1. The molecule has 0 aliphatic carbocycles. The predicted molar refractivity (Wildman–Crippen MR) is 261 cm³/mol. The van der Waals surface area contributed by atoms with Crippen molar-refractivity contribution >= 4 is 75.6 Å². The van der Waals surface area contributed by atoms with E-state index in [1.807, 2.05) is 18.2 Å². The Labute approximate surface area is 361 Å². The van der Waals surface area contributed by atoms with Crippen LogP contribution in [0.25, 0.3) is 80.8 Å². The number of hydrogen-bond acceptors (Lipinski definition) is 4. The molecule has 0 saturated heterocycles. The van der Waals surface area contributed by atoms with Crippen LogP contribution in [0, 0.1) is 20.8 Å². The third-order valence-corrected chi connectivity index (χ3v) is 11.6. The summed E-state index contributed by atoms with van der Waals surface area (Å²) in [5.41, 5.74) is 20.5. The van der Waals surface area contributed by atoms with Gasteiger partial charge in [0.1, 0.15) is 5.75 Å². The molecule has 62 heavy (non-hydrogen) atoms. The first-order valence-corrected chi connectivity index (χ1v) is 20.9. The summed E-state index contributed by atoms with van der Waals surface area (Å²) in [4.78, 5) is 20.0. The van der Waals surface area contributed by atoms with Crippen LogP contribution < -0.4 is 9.64 Å². The summed E-state index contributed by atoms with van der Waals surface area (Å²) in [6, 6.07) is 53.5. The molecule has 2 aliphatic heterocycles. The topological polar surface area (TPSA) is 69.8 Å². The van der Waals surface area contributed by atoms with Crippen LogP contribution in [-0.4, -0.2) is 27.0 Å². The number of fused-ring (bicyclic) bond motifs is 8. The van der Waals surface area contributed by atoms with Crippen molar-refractivity contribution in [3.8, 4) is 28.0 Å². The summed E-state index contributed by atoms with van der Waals surface area (Å²) in [5, 5.41) is 0. The standard InChI is InChI=1S/C56H45N5O/c1-36-9-23-44(24-10-36)61(45-25-11-37(2)12-26-45)46-27-17-40(18-28-46)14-13-39-15-19-41(20-16-39)55-50-32-31-49(59-50)38(3)48-29-21-42(57-48)35-43-22-30-52(58-43)56(53-34-33-51(55)60-53)47-7-5-6-8-54(47)62-4/h5-35,58-59H,1-4H3/b14-13+,42-35?,43-35?,48-38?,49-38?,55-50?,55-51?,56-52?,56-53?. The molecule has 3 aromatic heterocycles. The van der Waals surface area contributed by atoms with Crippen molar-refractivity contribution in [2.75, 3.05) is 12.0 Å². The molecule has 0 spiro atoms. The highest BCUT2D eigenvalue weighted by Crippen LogP contribution is 2.39. The molecule has 5 heterocycles. The second kappa shape index (κ2) is 16.2. The fourth-order valence-electron chi connectivity index (χ4n) is 8.24. The molecule has 2 N–H and O–H groups in total. The number of aromatic nitrogens is 4. The maximum atomic E-state index is 5.89. The van der Waals surface area contributed by atoms with E-state index >= 15 is 0 Å². The molecule has 5 aromatic carbocycles. The highest BCUT2D eigenvalue weighted by molar-refractivity contribution is 5.97. The Bertz CT molecular complexity index is 3170. The van der Waals surface area contributed by atoms with Gasteiger partial charge in [-0.1, -0.05) is 102 Å². The lowest BCUT2D eigenvalue weighted by atomic mass is 10.0. The number of aryl methyl sites for hydroxylation is 3. The summed E-state index contributed by atoms with van der Waals surface area (Å²) in [6.07, 6.45) is 12.7.